The van der Waals surface area contributed by atoms with Crippen molar-refractivity contribution in [3.63, 3.8) is 0 Å². The molecule has 0 atom stereocenters. The van der Waals surface area contributed by atoms with Crippen LogP contribution in [0.1, 0.15) is 20.7 Å². The number of benzene rings is 1. The Kier molecular flexibility index (Phi) is 4.04. The van der Waals surface area contributed by atoms with E-state index in [9.17, 15) is 18.0 Å². The lowest BCUT2D eigenvalue weighted by molar-refractivity contribution is 0.0595. The fourth-order valence-electron chi connectivity index (χ4n) is 1.29. The third kappa shape index (κ3) is 2.84. The molecule has 0 spiro atoms. The molecule has 0 aliphatic heterocycles. The van der Waals surface area contributed by atoms with Crippen molar-refractivity contribution in [2.75, 3.05) is 14.2 Å². The molecule has 1 aromatic rings. The summed E-state index contributed by atoms with van der Waals surface area (Å²) in [6.07, 6.45) is 0. The minimum atomic E-state index is -4.09. The van der Waals surface area contributed by atoms with Crippen LogP contribution in [0.4, 0.5) is 0 Å². The molecule has 0 saturated carbocycles. The van der Waals surface area contributed by atoms with Crippen molar-refractivity contribution in [1.29, 1.82) is 0 Å². The highest BCUT2D eigenvalue weighted by Gasteiger charge is 2.22. The first-order valence-corrected chi connectivity index (χ1v) is 6.19. The van der Waals surface area contributed by atoms with Gasteiger partial charge in [0.05, 0.1) is 30.2 Å². The summed E-state index contributed by atoms with van der Waals surface area (Å²) in [4.78, 5) is 22.3. The van der Waals surface area contributed by atoms with Crippen LogP contribution in [0.15, 0.2) is 23.1 Å². The van der Waals surface area contributed by atoms with Crippen LogP contribution in [0, 0.1) is 0 Å². The van der Waals surface area contributed by atoms with Crippen molar-refractivity contribution in [2.45, 2.75) is 4.90 Å². The summed E-state index contributed by atoms with van der Waals surface area (Å²) in [7, 11) is -1.85. The number of ether oxygens (including phenoxy) is 2. The predicted molar refractivity (Wildman–Crippen MR) is 60.5 cm³/mol. The summed E-state index contributed by atoms with van der Waals surface area (Å²) in [5.41, 5.74) is -0.298. The van der Waals surface area contributed by atoms with Crippen molar-refractivity contribution in [3.8, 4) is 0 Å². The molecule has 0 fully saturated rings. The number of hydrogen-bond acceptors (Lipinski definition) is 6. The van der Waals surface area contributed by atoms with E-state index in [1.165, 1.54) is 6.07 Å². The fourth-order valence-corrected chi connectivity index (χ4v) is 2.00. The van der Waals surface area contributed by atoms with E-state index in [0.29, 0.717) is 0 Å². The highest BCUT2D eigenvalue weighted by molar-refractivity contribution is 7.89. The maximum Gasteiger partial charge on any atom is 0.339 e. The van der Waals surface area contributed by atoms with Crippen molar-refractivity contribution >= 4 is 22.0 Å². The van der Waals surface area contributed by atoms with Gasteiger partial charge in [-0.3, -0.25) is 0 Å². The third-order valence-corrected chi connectivity index (χ3v) is 3.08. The van der Waals surface area contributed by atoms with Crippen molar-refractivity contribution in [3.05, 3.63) is 29.3 Å². The average molecular weight is 273 g/mol. The molecule has 7 nitrogen and oxygen atoms in total. The molecule has 0 heterocycles. The largest absolute Gasteiger partial charge is 0.465 e. The van der Waals surface area contributed by atoms with Gasteiger partial charge < -0.3 is 9.47 Å². The molecule has 0 amide bonds. The quantitative estimate of drug-likeness (QED) is 0.770. The van der Waals surface area contributed by atoms with E-state index in [1.54, 1.807) is 0 Å². The minimum absolute atomic E-state index is 0.0188. The Hall–Kier alpha value is -1.93. The highest BCUT2D eigenvalue weighted by Crippen LogP contribution is 2.18. The maximum atomic E-state index is 11.4. The molecule has 0 saturated heterocycles. The minimum Gasteiger partial charge on any atom is -0.465 e. The summed E-state index contributed by atoms with van der Waals surface area (Å²) in [6, 6.07) is 3.29. The van der Waals surface area contributed by atoms with Gasteiger partial charge in [0.1, 0.15) is 0 Å². The van der Waals surface area contributed by atoms with Gasteiger partial charge in [-0.1, -0.05) is 0 Å². The molecule has 18 heavy (non-hydrogen) atoms. The van der Waals surface area contributed by atoms with Crippen molar-refractivity contribution in [1.82, 2.24) is 0 Å². The highest BCUT2D eigenvalue weighted by atomic mass is 32.2. The van der Waals surface area contributed by atoms with E-state index in [2.05, 4.69) is 9.47 Å². The van der Waals surface area contributed by atoms with Crippen molar-refractivity contribution < 1.29 is 27.5 Å². The van der Waals surface area contributed by atoms with E-state index in [-0.39, 0.29) is 11.1 Å². The number of methoxy groups -OCH3 is 2. The number of rotatable bonds is 3. The molecular formula is C10H11NO6S. The van der Waals surface area contributed by atoms with Gasteiger partial charge in [-0.2, -0.15) is 0 Å². The Morgan fingerprint density at radius 2 is 1.67 bits per heavy atom. The molecule has 0 unspecified atom stereocenters. The SMILES string of the molecule is COC(=O)c1ccc(S(N)(=O)=O)c(C(=O)OC)c1. The lowest BCUT2D eigenvalue weighted by Crippen LogP contribution is -2.18. The van der Waals surface area contributed by atoms with E-state index < -0.39 is 26.9 Å². The number of carbonyl (C=O) groups excluding carboxylic acids is 2. The van der Waals surface area contributed by atoms with E-state index in [4.69, 9.17) is 5.14 Å². The Balaban J connectivity index is 3.49. The number of esters is 2. The van der Waals surface area contributed by atoms with E-state index in [0.717, 1.165) is 26.4 Å². The summed E-state index contributed by atoms with van der Waals surface area (Å²) in [6.45, 7) is 0. The number of carbonyl (C=O) groups is 2. The Morgan fingerprint density at radius 1 is 1.11 bits per heavy atom. The Bertz CT molecular complexity index is 592. The molecule has 0 aliphatic rings. The molecule has 0 aliphatic carbocycles. The van der Waals surface area contributed by atoms with Gasteiger partial charge in [-0.25, -0.2) is 23.1 Å². The van der Waals surface area contributed by atoms with E-state index in [1.807, 2.05) is 0 Å². The Labute approximate surface area is 104 Å². The first-order chi connectivity index (χ1) is 8.31. The van der Waals surface area contributed by atoms with Crippen LogP contribution in [0.2, 0.25) is 0 Å². The van der Waals surface area contributed by atoms with Crippen molar-refractivity contribution in [2.24, 2.45) is 5.14 Å². The van der Waals surface area contributed by atoms with E-state index >= 15 is 0 Å². The molecule has 0 bridgehead atoms. The topological polar surface area (TPSA) is 113 Å². The smallest absolute Gasteiger partial charge is 0.339 e. The number of sulfonamides is 1. The zero-order valence-electron chi connectivity index (χ0n) is 9.67. The zero-order valence-corrected chi connectivity index (χ0v) is 10.5. The average Bonchev–Trinajstić information content (AvgIpc) is 2.35. The zero-order chi connectivity index (χ0) is 13.9. The number of nitrogens with two attached hydrogens (primary N) is 1. The lowest BCUT2D eigenvalue weighted by Gasteiger charge is -2.07. The lowest BCUT2D eigenvalue weighted by atomic mass is 10.1. The second-order valence-corrected chi connectivity index (χ2v) is 4.77. The van der Waals surface area contributed by atoms with Crippen LogP contribution in [-0.4, -0.2) is 34.6 Å². The molecule has 0 radical (unpaired) electrons. The Morgan fingerprint density at radius 3 is 2.11 bits per heavy atom. The van der Waals surface area contributed by atoms with Crippen LogP contribution >= 0.6 is 0 Å². The van der Waals surface area contributed by atoms with Gasteiger partial charge in [-0.15, -0.1) is 0 Å². The molecule has 2 N–H and O–H groups in total. The predicted octanol–water partition coefficient (Wildman–Crippen LogP) is -0.0928. The molecular weight excluding hydrogens is 262 g/mol. The molecule has 0 aromatic heterocycles. The number of primary sulfonamides is 1. The second kappa shape index (κ2) is 5.15. The van der Waals surface area contributed by atoms with Crippen LogP contribution in [0.25, 0.3) is 0 Å². The van der Waals surface area contributed by atoms with Crippen LogP contribution in [0.3, 0.4) is 0 Å². The molecule has 1 aromatic carbocycles. The number of hydrogen-bond donors (Lipinski definition) is 1. The monoisotopic (exact) mass is 273 g/mol. The third-order valence-electron chi connectivity index (χ3n) is 2.11. The van der Waals surface area contributed by atoms with Crippen LogP contribution in [-0.2, 0) is 19.5 Å². The standard InChI is InChI=1S/C10H11NO6S/c1-16-9(12)6-3-4-8(18(11,14)15)7(5-6)10(13)17-2/h3-5H,1-2H3,(H2,11,14,15). The van der Waals surface area contributed by atoms with Gasteiger partial charge in [0, 0.05) is 0 Å². The van der Waals surface area contributed by atoms with Gasteiger partial charge in [0.15, 0.2) is 0 Å². The van der Waals surface area contributed by atoms with Crippen LogP contribution < -0.4 is 5.14 Å². The summed E-state index contributed by atoms with van der Waals surface area (Å²) in [5, 5.41) is 4.96. The molecule has 1 rings (SSSR count). The van der Waals surface area contributed by atoms with Crippen LogP contribution in [0.5, 0.6) is 0 Å². The summed E-state index contributed by atoms with van der Waals surface area (Å²) >= 11 is 0. The second-order valence-electron chi connectivity index (χ2n) is 3.24. The normalized spacial score (nSPS) is 10.8. The molecule has 8 heteroatoms. The fraction of sp³-hybridized carbons (Fsp3) is 0.200. The molecule has 98 valence electrons. The maximum absolute atomic E-state index is 11.4. The first kappa shape index (κ1) is 14.1. The van der Waals surface area contributed by atoms with Gasteiger partial charge in [0.25, 0.3) is 0 Å². The summed E-state index contributed by atoms with van der Waals surface area (Å²) in [5.74, 6) is -1.62. The summed E-state index contributed by atoms with van der Waals surface area (Å²) < 4.78 is 31.4. The van der Waals surface area contributed by atoms with Gasteiger partial charge in [0.2, 0.25) is 10.0 Å². The van der Waals surface area contributed by atoms with Gasteiger partial charge in [-0.05, 0) is 18.2 Å². The first-order valence-electron chi connectivity index (χ1n) is 4.64. The van der Waals surface area contributed by atoms with Gasteiger partial charge >= 0.3 is 11.9 Å².